The number of aldehydes is 1. The van der Waals surface area contributed by atoms with Crippen molar-refractivity contribution in [2.45, 2.75) is 37.5 Å². The number of anilines is 1. The zero-order valence-corrected chi connectivity index (χ0v) is 19.1. The first-order valence-corrected chi connectivity index (χ1v) is 11.9. The van der Waals surface area contributed by atoms with E-state index in [0.29, 0.717) is 11.7 Å². The first kappa shape index (κ1) is 21.6. The molecule has 0 aromatic heterocycles. The number of carbonyl (C=O) groups is 1. The second kappa shape index (κ2) is 9.30. The fraction of sp³-hybridized carbons (Fsp3) is 0.345. The number of aromatic hydroxyl groups is 1. The number of piperidine rings is 1. The summed E-state index contributed by atoms with van der Waals surface area (Å²) in [7, 11) is 1.75. The second-order valence-electron chi connectivity index (χ2n) is 9.30. The van der Waals surface area contributed by atoms with Gasteiger partial charge in [0.2, 0.25) is 0 Å². The van der Waals surface area contributed by atoms with E-state index in [0.717, 1.165) is 56.5 Å². The summed E-state index contributed by atoms with van der Waals surface area (Å²) >= 11 is 0. The fourth-order valence-corrected chi connectivity index (χ4v) is 5.70. The van der Waals surface area contributed by atoms with Crippen molar-refractivity contribution in [3.8, 4) is 11.5 Å². The van der Waals surface area contributed by atoms with E-state index in [4.69, 9.17) is 4.74 Å². The Bertz CT molecular complexity index is 1120. The SMILES string of the molecule is COc1cc(N2CCC(C=O)CC2)ccc1[C@@H]1c2ccc(O)cc2CC[C@@H]1c1ccccc1. The maximum atomic E-state index is 11.1. The third-order valence-corrected chi connectivity index (χ3v) is 7.47. The second-order valence-corrected chi connectivity index (χ2v) is 9.30. The molecule has 0 spiro atoms. The molecule has 1 heterocycles. The van der Waals surface area contributed by atoms with E-state index < -0.39 is 0 Å². The van der Waals surface area contributed by atoms with Crippen molar-refractivity contribution in [3.05, 3.63) is 89.0 Å². The van der Waals surface area contributed by atoms with E-state index in [1.165, 1.54) is 22.3 Å². The highest BCUT2D eigenvalue weighted by molar-refractivity contribution is 5.60. The molecule has 0 amide bonds. The molecule has 1 saturated heterocycles. The number of benzene rings is 3. The molecule has 0 radical (unpaired) electrons. The van der Waals surface area contributed by atoms with Gasteiger partial charge >= 0.3 is 0 Å². The highest BCUT2D eigenvalue weighted by Crippen LogP contribution is 2.49. The van der Waals surface area contributed by atoms with E-state index in [1.807, 2.05) is 6.07 Å². The first-order chi connectivity index (χ1) is 16.2. The highest BCUT2D eigenvalue weighted by atomic mass is 16.5. The van der Waals surface area contributed by atoms with Crippen LogP contribution in [0.4, 0.5) is 5.69 Å². The minimum atomic E-state index is 0.154. The van der Waals surface area contributed by atoms with Crippen LogP contribution in [0.2, 0.25) is 0 Å². The van der Waals surface area contributed by atoms with Gasteiger partial charge < -0.3 is 19.5 Å². The molecule has 0 unspecified atom stereocenters. The summed E-state index contributed by atoms with van der Waals surface area (Å²) in [6.07, 6.45) is 4.89. The molecule has 1 N–H and O–H groups in total. The van der Waals surface area contributed by atoms with Gasteiger partial charge in [-0.15, -0.1) is 0 Å². The molecule has 2 aliphatic rings. The molecule has 2 atom stereocenters. The number of rotatable bonds is 5. The Morgan fingerprint density at radius 2 is 1.70 bits per heavy atom. The molecule has 1 fully saturated rings. The Morgan fingerprint density at radius 3 is 2.42 bits per heavy atom. The summed E-state index contributed by atoms with van der Waals surface area (Å²) in [5.74, 6) is 1.90. The van der Waals surface area contributed by atoms with Gasteiger partial charge in [0.05, 0.1) is 7.11 Å². The molecule has 5 rings (SSSR count). The molecule has 0 saturated carbocycles. The summed E-state index contributed by atoms with van der Waals surface area (Å²) in [6.45, 7) is 1.79. The van der Waals surface area contributed by atoms with E-state index >= 15 is 0 Å². The first-order valence-electron chi connectivity index (χ1n) is 11.9. The smallest absolute Gasteiger partial charge is 0.124 e. The number of hydrogen-bond acceptors (Lipinski definition) is 4. The van der Waals surface area contributed by atoms with Gasteiger partial charge in [-0.25, -0.2) is 0 Å². The van der Waals surface area contributed by atoms with Crippen molar-refractivity contribution in [2.24, 2.45) is 5.92 Å². The van der Waals surface area contributed by atoms with Gasteiger partial charge in [-0.3, -0.25) is 0 Å². The Labute approximate surface area is 195 Å². The number of phenolic OH excluding ortho intramolecular Hbond substituents is 1. The van der Waals surface area contributed by atoms with E-state index in [2.05, 4.69) is 59.5 Å². The minimum absolute atomic E-state index is 0.154. The Hall–Kier alpha value is -3.27. The van der Waals surface area contributed by atoms with Gasteiger partial charge in [0.25, 0.3) is 0 Å². The molecule has 3 aromatic rings. The molecule has 170 valence electrons. The predicted octanol–water partition coefficient (Wildman–Crippen LogP) is 5.68. The predicted molar refractivity (Wildman–Crippen MR) is 131 cm³/mol. The summed E-state index contributed by atoms with van der Waals surface area (Å²) in [4.78, 5) is 13.5. The molecular weight excluding hydrogens is 410 g/mol. The lowest BCUT2D eigenvalue weighted by molar-refractivity contribution is -0.111. The van der Waals surface area contributed by atoms with Crippen molar-refractivity contribution in [3.63, 3.8) is 0 Å². The number of fused-ring (bicyclic) bond motifs is 1. The van der Waals surface area contributed by atoms with Gasteiger partial charge in [-0.05, 0) is 66.5 Å². The third kappa shape index (κ3) is 4.22. The number of methoxy groups -OCH3 is 1. The minimum Gasteiger partial charge on any atom is -0.508 e. The van der Waals surface area contributed by atoms with Crippen LogP contribution in [0.25, 0.3) is 0 Å². The van der Waals surface area contributed by atoms with Crippen molar-refractivity contribution in [1.29, 1.82) is 0 Å². The van der Waals surface area contributed by atoms with Crippen molar-refractivity contribution in [1.82, 2.24) is 0 Å². The van der Waals surface area contributed by atoms with Crippen molar-refractivity contribution in [2.75, 3.05) is 25.1 Å². The maximum absolute atomic E-state index is 11.1. The monoisotopic (exact) mass is 441 g/mol. The van der Waals surface area contributed by atoms with Crippen LogP contribution in [0.3, 0.4) is 0 Å². The highest BCUT2D eigenvalue weighted by Gasteiger charge is 2.34. The fourth-order valence-electron chi connectivity index (χ4n) is 5.70. The summed E-state index contributed by atoms with van der Waals surface area (Å²) in [5, 5.41) is 10.1. The van der Waals surface area contributed by atoms with E-state index in [9.17, 15) is 9.90 Å². The maximum Gasteiger partial charge on any atom is 0.124 e. The quantitative estimate of drug-likeness (QED) is 0.518. The molecule has 4 nitrogen and oxygen atoms in total. The molecular formula is C29H31NO3. The van der Waals surface area contributed by atoms with Gasteiger partial charge in [0.15, 0.2) is 0 Å². The van der Waals surface area contributed by atoms with Crippen LogP contribution in [0.5, 0.6) is 11.5 Å². The molecule has 0 bridgehead atoms. The third-order valence-electron chi connectivity index (χ3n) is 7.47. The van der Waals surface area contributed by atoms with Crippen LogP contribution < -0.4 is 9.64 Å². The van der Waals surface area contributed by atoms with Crippen LogP contribution in [0, 0.1) is 5.92 Å². The van der Waals surface area contributed by atoms with Crippen LogP contribution in [-0.4, -0.2) is 31.6 Å². The average molecular weight is 442 g/mol. The van der Waals surface area contributed by atoms with Crippen LogP contribution >= 0.6 is 0 Å². The van der Waals surface area contributed by atoms with Gasteiger partial charge in [-0.2, -0.15) is 0 Å². The van der Waals surface area contributed by atoms with Crippen LogP contribution in [-0.2, 0) is 11.2 Å². The molecule has 3 aromatic carbocycles. The van der Waals surface area contributed by atoms with Gasteiger partial charge in [0, 0.05) is 42.2 Å². The Morgan fingerprint density at radius 1 is 0.939 bits per heavy atom. The standard InChI is InChI=1S/C29H31NO3/c1-33-28-18-23(30-15-13-20(19-31)14-16-30)8-11-27(28)29-25(21-5-3-2-4-6-21)10-7-22-17-24(32)9-12-26(22)29/h2-6,8-9,11-12,17-20,25,29,32H,7,10,13-16H2,1H3/t25-,29+/m1/s1. The van der Waals surface area contributed by atoms with E-state index in [-0.39, 0.29) is 11.8 Å². The lowest BCUT2D eigenvalue weighted by Crippen LogP contribution is -2.34. The Balaban J connectivity index is 1.55. The summed E-state index contributed by atoms with van der Waals surface area (Å²) in [6, 6.07) is 23.1. The number of ether oxygens (including phenoxy) is 1. The zero-order chi connectivity index (χ0) is 22.8. The lowest BCUT2D eigenvalue weighted by Gasteiger charge is -2.36. The number of aryl methyl sites for hydroxylation is 1. The van der Waals surface area contributed by atoms with Crippen molar-refractivity contribution < 1.29 is 14.6 Å². The van der Waals surface area contributed by atoms with Gasteiger partial charge in [-0.1, -0.05) is 42.5 Å². The lowest BCUT2D eigenvalue weighted by atomic mass is 9.69. The number of phenols is 1. The summed E-state index contributed by atoms with van der Waals surface area (Å²) in [5.41, 5.74) is 6.16. The van der Waals surface area contributed by atoms with E-state index in [1.54, 1.807) is 13.2 Å². The molecule has 1 aliphatic heterocycles. The zero-order valence-electron chi connectivity index (χ0n) is 19.1. The molecule has 4 heteroatoms. The number of hydrogen-bond donors (Lipinski definition) is 1. The van der Waals surface area contributed by atoms with Crippen LogP contribution in [0.1, 0.15) is 53.4 Å². The number of carbonyl (C=O) groups excluding carboxylic acids is 1. The number of nitrogens with zero attached hydrogens (tertiary/aromatic N) is 1. The largest absolute Gasteiger partial charge is 0.508 e. The van der Waals surface area contributed by atoms with Crippen LogP contribution in [0.15, 0.2) is 66.7 Å². The average Bonchev–Trinajstić information content (AvgIpc) is 2.88. The Kier molecular flexibility index (Phi) is 6.08. The molecule has 33 heavy (non-hydrogen) atoms. The normalized spacial score (nSPS) is 20.8. The van der Waals surface area contributed by atoms with Gasteiger partial charge in [0.1, 0.15) is 17.8 Å². The topological polar surface area (TPSA) is 49.8 Å². The summed E-state index contributed by atoms with van der Waals surface area (Å²) < 4.78 is 5.96. The van der Waals surface area contributed by atoms with Crippen molar-refractivity contribution >= 4 is 12.0 Å². The molecule has 1 aliphatic carbocycles.